The number of hydrogen-bond donors (Lipinski definition) is 1. The topological polar surface area (TPSA) is 35.2 Å². The predicted octanol–water partition coefficient (Wildman–Crippen LogP) is 2.43. The highest BCUT2D eigenvalue weighted by atomic mass is 19.1. The molecule has 1 fully saturated rings. The summed E-state index contributed by atoms with van der Waals surface area (Å²) in [4.78, 5) is 0. The van der Waals surface area contributed by atoms with Gasteiger partial charge in [0, 0.05) is 18.6 Å². The Morgan fingerprint density at radius 1 is 1.53 bits per heavy atom. The van der Waals surface area contributed by atoms with E-state index in [1.54, 1.807) is 6.07 Å². The van der Waals surface area contributed by atoms with Gasteiger partial charge in [0.25, 0.3) is 0 Å². The minimum atomic E-state index is -0.187. The molecule has 0 amide bonds. The lowest BCUT2D eigenvalue weighted by molar-refractivity contribution is 0.0995. The summed E-state index contributed by atoms with van der Waals surface area (Å²) in [5.41, 5.74) is 8.33. The van der Waals surface area contributed by atoms with Gasteiger partial charge in [-0.3, -0.25) is 0 Å². The highest BCUT2D eigenvalue weighted by Gasteiger charge is 2.29. The van der Waals surface area contributed by atoms with Gasteiger partial charge in [-0.05, 0) is 49.9 Å². The zero-order valence-electron chi connectivity index (χ0n) is 10.4. The summed E-state index contributed by atoms with van der Waals surface area (Å²) in [6.07, 6.45) is 1.96. The molecule has 1 heterocycles. The van der Waals surface area contributed by atoms with Gasteiger partial charge >= 0.3 is 0 Å². The summed E-state index contributed by atoms with van der Waals surface area (Å²) in [5, 5.41) is 0. The number of benzene rings is 1. The summed E-state index contributed by atoms with van der Waals surface area (Å²) in [5.74, 6) is 0.200. The van der Waals surface area contributed by atoms with Gasteiger partial charge in [0.05, 0.1) is 6.10 Å². The lowest BCUT2D eigenvalue weighted by atomic mass is 9.88. The minimum absolute atomic E-state index is 0.0491. The molecule has 0 aliphatic carbocycles. The van der Waals surface area contributed by atoms with Crippen molar-refractivity contribution in [2.45, 2.75) is 38.8 Å². The molecule has 3 heteroatoms. The van der Waals surface area contributed by atoms with Gasteiger partial charge in [-0.1, -0.05) is 6.07 Å². The van der Waals surface area contributed by atoms with E-state index in [2.05, 4.69) is 6.92 Å². The molecule has 2 nitrogen and oxygen atoms in total. The van der Waals surface area contributed by atoms with E-state index in [9.17, 15) is 4.39 Å². The van der Waals surface area contributed by atoms with Gasteiger partial charge in [0.2, 0.25) is 0 Å². The molecule has 3 atom stereocenters. The molecule has 0 radical (unpaired) electrons. The monoisotopic (exact) mass is 237 g/mol. The molecule has 0 aromatic heterocycles. The molecule has 1 aromatic rings. The summed E-state index contributed by atoms with van der Waals surface area (Å²) in [6, 6.07) is 4.95. The van der Waals surface area contributed by atoms with Crippen LogP contribution in [0, 0.1) is 18.7 Å². The third-order valence-electron chi connectivity index (χ3n) is 3.75. The van der Waals surface area contributed by atoms with Crippen molar-refractivity contribution in [1.29, 1.82) is 0 Å². The van der Waals surface area contributed by atoms with Crippen LogP contribution in [0.4, 0.5) is 4.39 Å². The number of nitrogens with two attached hydrogens (primary N) is 1. The lowest BCUT2D eigenvalue weighted by Crippen LogP contribution is -2.36. The van der Waals surface area contributed by atoms with Gasteiger partial charge in [-0.15, -0.1) is 0 Å². The predicted molar refractivity (Wildman–Crippen MR) is 66.3 cm³/mol. The maximum absolute atomic E-state index is 13.2. The largest absolute Gasteiger partial charge is 0.378 e. The van der Waals surface area contributed by atoms with Crippen molar-refractivity contribution in [2.75, 3.05) is 6.61 Å². The van der Waals surface area contributed by atoms with Crippen LogP contribution in [0.1, 0.15) is 24.5 Å². The smallest absolute Gasteiger partial charge is 0.123 e. The fourth-order valence-electron chi connectivity index (χ4n) is 2.58. The third kappa shape index (κ3) is 2.85. The van der Waals surface area contributed by atoms with Crippen LogP contribution in [0.25, 0.3) is 0 Å². The zero-order chi connectivity index (χ0) is 12.4. The first-order valence-electron chi connectivity index (χ1n) is 6.20. The molecule has 0 saturated carbocycles. The Labute approximate surface area is 102 Å². The van der Waals surface area contributed by atoms with Gasteiger partial charge in [0.1, 0.15) is 5.82 Å². The minimum Gasteiger partial charge on any atom is -0.378 e. The molecule has 2 N–H and O–H groups in total. The van der Waals surface area contributed by atoms with Crippen molar-refractivity contribution >= 4 is 0 Å². The van der Waals surface area contributed by atoms with Crippen LogP contribution in [0.2, 0.25) is 0 Å². The van der Waals surface area contributed by atoms with E-state index in [0.717, 1.165) is 30.6 Å². The fourth-order valence-corrected chi connectivity index (χ4v) is 2.58. The van der Waals surface area contributed by atoms with Crippen LogP contribution in [-0.2, 0) is 11.2 Å². The SMILES string of the molecule is Cc1ccc(F)cc1CC(N)C1CCOC1C. The van der Waals surface area contributed by atoms with Gasteiger partial charge in [-0.25, -0.2) is 4.39 Å². The molecule has 94 valence electrons. The van der Waals surface area contributed by atoms with E-state index in [4.69, 9.17) is 10.5 Å². The van der Waals surface area contributed by atoms with Crippen LogP contribution < -0.4 is 5.73 Å². The van der Waals surface area contributed by atoms with Gasteiger partial charge < -0.3 is 10.5 Å². The Balaban J connectivity index is 2.07. The van der Waals surface area contributed by atoms with E-state index in [-0.39, 0.29) is 18.0 Å². The first-order chi connectivity index (χ1) is 8.08. The Morgan fingerprint density at radius 3 is 2.94 bits per heavy atom. The molecule has 1 aromatic carbocycles. The van der Waals surface area contributed by atoms with Crippen molar-refractivity contribution in [1.82, 2.24) is 0 Å². The van der Waals surface area contributed by atoms with Crippen LogP contribution >= 0.6 is 0 Å². The van der Waals surface area contributed by atoms with Crippen LogP contribution in [0.15, 0.2) is 18.2 Å². The average Bonchev–Trinajstić information content (AvgIpc) is 2.70. The van der Waals surface area contributed by atoms with Crippen molar-refractivity contribution in [3.63, 3.8) is 0 Å². The molecule has 0 bridgehead atoms. The second-order valence-electron chi connectivity index (χ2n) is 4.97. The first kappa shape index (κ1) is 12.5. The number of aryl methyl sites for hydroxylation is 1. The third-order valence-corrected chi connectivity index (χ3v) is 3.75. The zero-order valence-corrected chi connectivity index (χ0v) is 10.4. The number of rotatable bonds is 3. The highest BCUT2D eigenvalue weighted by Crippen LogP contribution is 2.25. The van der Waals surface area contributed by atoms with E-state index in [1.165, 1.54) is 6.07 Å². The van der Waals surface area contributed by atoms with E-state index in [0.29, 0.717) is 5.92 Å². The van der Waals surface area contributed by atoms with Gasteiger partial charge in [0.15, 0.2) is 0 Å². The fraction of sp³-hybridized carbons (Fsp3) is 0.571. The molecule has 3 unspecified atom stereocenters. The molecule has 1 aliphatic rings. The van der Waals surface area contributed by atoms with E-state index in [1.807, 2.05) is 13.0 Å². The standard InChI is InChI=1S/C14H20FNO/c1-9-3-4-12(15)7-11(9)8-14(16)13-5-6-17-10(13)2/h3-4,7,10,13-14H,5-6,8,16H2,1-2H3. The second-order valence-corrected chi connectivity index (χ2v) is 4.97. The van der Waals surface area contributed by atoms with E-state index >= 15 is 0 Å². The van der Waals surface area contributed by atoms with Crippen molar-refractivity contribution in [2.24, 2.45) is 11.7 Å². The molecule has 17 heavy (non-hydrogen) atoms. The number of ether oxygens (including phenoxy) is 1. The number of hydrogen-bond acceptors (Lipinski definition) is 2. The van der Waals surface area contributed by atoms with E-state index < -0.39 is 0 Å². The van der Waals surface area contributed by atoms with Crippen molar-refractivity contribution < 1.29 is 9.13 Å². The Morgan fingerprint density at radius 2 is 2.29 bits per heavy atom. The molecule has 0 spiro atoms. The summed E-state index contributed by atoms with van der Waals surface area (Å²) < 4.78 is 18.7. The maximum Gasteiger partial charge on any atom is 0.123 e. The summed E-state index contributed by atoms with van der Waals surface area (Å²) in [6.45, 7) is 4.85. The number of halogens is 1. The molecule has 2 rings (SSSR count). The average molecular weight is 237 g/mol. The second kappa shape index (κ2) is 5.15. The van der Waals surface area contributed by atoms with Crippen LogP contribution in [-0.4, -0.2) is 18.8 Å². The molecular formula is C14H20FNO. The Kier molecular flexibility index (Phi) is 3.79. The maximum atomic E-state index is 13.2. The molecule has 1 aliphatic heterocycles. The van der Waals surface area contributed by atoms with Crippen LogP contribution in [0.5, 0.6) is 0 Å². The van der Waals surface area contributed by atoms with Gasteiger partial charge in [-0.2, -0.15) is 0 Å². The normalized spacial score (nSPS) is 26.1. The molecule has 1 saturated heterocycles. The lowest BCUT2D eigenvalue weighted by Gasteiger charge is -2.22. The summed E-state index contributed by atoms with van der Waals surface area (Å²) in [7, 11) is 0. The van der Waals surface area contributed by atoms with Crippen molar-refractivity contribution in [3.05, 3.63) is 35.1 Å². The Hall–Kier alpha value is -0.930. The van der Waals surface area contributed by atoms with Crippen molar-refractivity contribution in [3.8, 4) is 0 Å². The highest BCUT2D eigenvalue weighted by molar-refractivity contribution is 5.27. The Bertz CT molecular complexity index is 394. The molecular weight excluding hydrogens is 217 g/mol. The summed E-state index contributed by atoms with van der Waals surface area (Å²) >= 11 is 0. The quantitative estimate of drug-likeness (QED) is 0.876. The first-order valence-corrected chi connectivity index (χ1v) is 6.20. The van der Waals surface area contributed by atoms with Crippen LogP contribution in [0.3, 0.4) is 0 Å².